The molecule has 1 heterocycles. The van der Waals surface area contributed by atoms with Gasteiger partial charge in [-0.25, -0.2) is 10.2 Å². The van der Waals surface area contributed by atoms with Crippen molar-refractivity contribution < 1.29 is 18.7 Å². The number of amides is 1. The zero-order valence-electron chi connectivity index (χ0n) is 13.9. The maximum Gasteiger partial charge on any atom is 0.374 e. The first-order valence-corrected chi connectivity index (χ1v) is 8.64. The van der Waals surface area contributed by atoms with Crippen LogP contribution in [-0.4, -0.2) is 24.7 Å². The third kappa shape index (κ3) is 3.51. The Kier molecular flexibility index (Phi) is 5.03. The zero-order chi connectivity index (χ0) is 18.0. The molecule has 0 saturated carbocycles. The van der Waals surface area contributed by atoms with Gasteiger partial charge in [-0.15, -0.1) is 0 Å². The molecular weight excluding hydrogens is 388 g/mol. The number of hydrogen-bond donors (Lipinski definition) is 1. The van der Waals surface area contributed by atoms with Crippen LogP contribution in [0.4, 0.5) is 0 Å². The first-order valence-electron chi connectivity index (χ1n) is 7.84. The average molecular weight is 405 g/mol. The lowest BCUT2D eigenvalue weighted by molar-refractivity contribution is 0.0561. The number of hydrogen-bond acceptors (Lipinski definition) is 5. The summed E-state index contributed by atoms with van der Waals surface area (Å²) < 4.78 is 11.3. The Bertz CT molecular complexity index is 853. The molecule has 7 heteroatoms. The number of rotatable bonds is 3. The number of esters is 1. The Morgan fingerprint density at radius 1 is 1.24 bits per heavy atom. The minimum absolute atomic E-state index is 0.196. The zero-order valence-corrected chi connectivity index (χ0v) is 15.5. The van der Waals surface area contributed by atoms with Crippen LogP contribution in [0, 0.1) is 6.92 Å². The molecule has 1 aromatic heterocycles. The molecule has 1 aromatic carbocycles. The van der Waals surface area contributed by atoms with E-state index in [1.807, 2.05) is 0 Å². The van der Waals surface area contributed by atoms with Crippen molar-refractivity contribution in [3.8, 4) is 0 Å². The van der Waals surface area contributed by atoms with Gasteiger partial charge < -0.3 is 9.15 Å². The number of benzene rings is 1. The van der Waals surface area contributed by atoms with Crippen LogP contribution in [0.5, 0.6) is 0 Å². The molecule has 0 bridgehead atoms. The van der Waals surface area contributed by atoms with Gasteiger partial charge in [-0.3, -0.25) is 4.79 Å². The molecule has 1 aliphatic rings. The summed E-state index contributed by atoms with van der Waals surface area (Å²) in [5.41, 5.74) is 5.30. The maximum absolute atomic E-state index is 12.2. The monoisotopic (exact) mass is 404 g/mol. The molecule has 0 saturated heterocycles. The fraction of sp³-hybridized carbons (Fsp3) is 0.278. The van der Waals surface area contributed by atoms with Crippen molar-refractivity contribution in [3.05, 3.63) is 56.9 Å². The topological polar surface area (TPSA) is 80.9 Å². The van der Waals surface area contributed by atoms with Gasteiger partial charge in [-0.1, -0.05) is 15.9 Å². The van der Waals surface area contributed by atoms with Gasteiger partial charge in [0, 0.05) is 27.6 Å². The minimum atomic E-state index is -0.509. The number of nitrogens with one attached hydrogen (secondary N) is 1. The Morgan fingerprint density at radius 2 is 1.96 bits per heavy atom. The SMILES string of the molecule is COC(=O)c1oc2c(c1C)/C(=N/NC(=O)c1ccc(Br)cc1)CCC2. The number of nitrogens with zero attached hydrogens (tertiary/aromatic N) is 1. The second-order valence-electron chi connectivity index (χ2n) is 5.71. The summed E-state index contributed by atoms with van der Waals surface area (Å²) in [6, 6.07) is 7.02. The van der Waals surface area contributed by atoms with E-state index in [0.717, 1.165) is 22.9 Å². The maximum atomic E-state index is 12.2. The largest absolute Gasteiger partial charge is 0.463 e. The van der Waals surface area contributed by atoms with Crippen molar-refractivity contribution in [1.29, 1.82) is 0 Å². The van der Waals surface area contributed by atoms with Crippen LogP contribution in [0.1, 0.15) is 50.6 Å². The second kappa shape index (κ2) is 7.23. The highest BCUT2D eigenvalue weighted by molar-refractivity contribution is 9.10. The molecule has 25 heavy (non-hydrogen) atoms. The molecule has 0 unspecified atom stereocenters. The number of halogens is 1. The first kappa shape index (κ1) is 17.4. The number of ether oxygens (including phenoxy) is 1. The van der Waals surface area contributed by atoms with Crippen LogP contribution < -0.4 is 5.43 Å². The number of carbonyl (C=O) groups is 2. The van der Waals surface area contributed by atoms with E-state index < -0.39 is 5.97 Å². The van der Waals surface area contributed by atoms with Gasteiger partial charge in [0.1, 0.15) is 5.76 Å². The van der Waals surface area contributed by atoms with Crippen LogP contribution in [0.25, 0.3) is 0 Å². The Balaban J connectivity index is 1.86. The van der Waals surface area contributed by atoms with Crippen LogP contribution in [-0.2, 0) is 11.2 Å². The van der Waals surface area contributed by atoms with Crippen molar-refractivity contribution in [2.24, 2.45) is 5.10 Å². The normalized spacial score (nSPS) is 14.9. The molecule has 2 aromatic rings. The minimum Gasteiger partial charge on any atom is -0.463 e. The molecule has 1 amide bonds. The number of aryl methyl sites for hydroxylation is 1. The lowest BCUT2D eigenvalue weighted by atomic mass is 9.93. The lowest BCUT2D eigenvalue weighted by Crippen LogP contribution is -2.22. The van der Waals surface area contributed by atoms with E-state index in [9.17, 15) is 9.59 Å². The van der Waals surface area contributed by atoms with Gasteiger partial charge >= 0.3 is 5.97 Å². The summed E-state index contributed by atoms with van der Waals surface area (Å²) in [7, 11) is 1.32. The smallest absolute Gasteiger partial charge is 0.374 e. The molecule has 130 valence electrons. The third-order valence-corrected chi connectivity index (χ3v) is 4.62. The molecule has 3 rings (SSSR count). The van der Waals surface area contributed by atoms with Crippen molar-refractivity contribution in [3.63, 3.8) is 0 Å². The number of carbonyl (C=O) groups excluding carboxylic acids is 2. The summed E-state index contributed by atoms with van der Waals surface area (Å²) in [6.45, 7) is 1.80. The summed E-state index contributed by atoms with van der Waals surface area (Å²) in [5, 5.41) is 4.28. The molecule has 0 atom stereocenters. The second-order valence-corrected chi connectivity index (χ2v) is 6.62. The van der Waals surface area contributed by atoms with Gasteiger partial charge in [-0.05, 0) is 44.0 Å². The van der Waals surface area contributed by atoms with Crippen molar-refractivity contribution in [2.45, 2.75) is 26.2 Å². The van der Waals surface area contributed by atoms with E-state index >= 15 is 0 Å². The van der Waals surface area contributed by atoms with E-state index in [2.05, 4.69) is 26.5 Å². The summed E-state index contributed by atoms with van der Waals surface area (Å²) in [5.74, 6) is 0.105. The van der Waals surface area contributed by atoms with Crippen LogP contribution >= 0.6 is 15.9 Å². The molecule has 0 spiro atoms. The highest BCUT2D eigenvalue weighted by Gasteiger charge is 2.28. The Morgan fingerprint density at radius 3 is 2.64 bits per heavy atom. The first-order chi connectivity index (χ1) is 12.0. The highest BCUT2D eigenvalue weighted by Crippen LogP contribution is 2.30. The molecule has 6 nitrogen and oxygen atoms in total. The third-order valence-electron chi connectivity index (χ3n) is 4.10. The van der Waals surface area contributed by atoms with Crippen molar-refractivity contribution in [2.75, 3.05) is 7.11 Å². The summed E-state index contributed by atoms with van der Waals surface area (Å²) >= 11 is 3.33. The van der Waals surface area contributed by atoms with E-state index in [-0.39, 0.29) is 11.7 Å². The lowest BCUT2D eigenvalue weighted by Gasteiger charge is -2.13. The van der Waals surface area contributed by atoms with Gasteiger partial charge in [0.05, 0.1) is 12.8 Å². The molecule has 0 aliphatic heterocycles. The van der Waals surface area contributed by atoms with E-state index in [0.29, 0.717) is 29.0 Å². The summed E-state index contributed by atoms with van der Waals surface area (Å²) in [6.07, 6.45) is 2.27. The number of furan rings is 1. The Hall–Kier alpha value is -2.41. The average Bonchev–Trinajstić information content (AvgIpc) is 2.97. The quantitative estimate of drug-likeness (QED) is 0.625. The van der Waals surface area contributed by atoms with Crippen molar-refractivity contribution in [1.82, 2.24) is 5.43 Å². The van der Waals surface area contributed by atoms with Gasteiger partial charge in [0.25, 0.3) is 5.91 Å². The number of fused-ring (bicyclic) bond motifs is 1. The Labute approximate surface area is 153 Å². The van der Waals surface area contributed by atoms with Gasteiger partial charge in [-0.2, -0.15) is 5.10 Å². The standard InChI is InChI=1S/C18H17BrN2O4/c1-10-15-13(4-3-5-14(15)25-16(10)18(23)24-2)20-21-17(22)11-6-8-12(19)9-7-11/h6-9H,3-5H2,1-2H3,(H,21,22)/b20-13+. The highest BCUT2D eigenvalue weighted by atomic mass is 79.9. The van der Waals surface area contributed by atoms with Gasteiger partial charge in [0.2, 0.25) is 5.76 Å². The number of methoxy groups -OCH3 is 1. The molecular formula is C18H17BrN2O4. The predicted molar refractivity (Wildman–Crippen MR) is 95.9 cm³/mol. The fourth-order valence-electron chi connectivity index (χ4n) is 2.85. The van der Waals surface area contributed by atoms with Crippen LogP contribution in [0.2, 0.25) is 0 Å². The molecule has 1 N–H and O–H groups in total. The summed E-state index contributed by atoms with van der Waals surface area (Å²) in [4.78, 5) is 24.0. The number of hydrazone groups is 1. The van der Waals surface area contributed by atoms with E-state index in [1.54, 1.807) is 31.2 Å². The van der Waals surface area contributed by atoms with E-state index in [1.165, 1.54) is 7.11 Å². The van der Waals surface area contributed by atoms with E-state index in [4.69, 9.17) is 9.15 Å². The van der Waals surface area contributed by atoms with Crippen molar-refractivity contribution >= 4 is 33.5 Å². The molecule has 0 radical (unpaired) electrons. The predicted octanol–water partition coefficient (Wildman–Crippen LogP) is 3.61. The molecule has 1 aliphatic carbocycles. The molecule has 0 fully saturated rings. The van der Waals surface area contributed by atoms with Crippen LogP contribution in [0.15, 0.2) is 38.3 Å². The van der Waals surface area contributed by atoms with Crippen LogP contribution in [0.3, 0.4) is 0 Å². The fourth-order valence-corrected chi connectivity index (χ4v) is 3.12. The van der Waals surface area contributed by atoms with Gasteiger partial charge in [0.15, 0.2) is 0 Å².